The van der Waals surface area contributed by atoms with Crippen LogP contribution in [0.15, 0.2) is 36.7 Å². The van der Waals surface area contributed by atoms with Crippen molar-refractivity contribution in [1.29, 1.82) is 0 Å². The molecular formula is C19H25FN4O2S. The maximum absolute atomic E-state index is 13.8. The lowest BCUT2D eigenvalue weighted by molar-refractivity contribution is 0.337. The van der Waals surface area contributed by atoms with E-state index in [1.165, 1.54) is 6.07 Å². The van der Waals surface area contributed by atoms with Crippen molar-refractivity contribution >= 4 is 15.8 Å². The highest BCUT2D eigenvalue weighted by Crippen LogP contribution is 2.26. The van der Waals surface area contributed by atoms with Gasteiger partial charge in [0, 0.05) is 18.2 Å². The first-order valence-electron chi connectivity index (χ1n) is 9.27. The molecule has 1 aromatic carbocycles. The van der Waals surface area contributed by atoms with Crippen LogP contribution in [0.4, 0.5) is 10.2 Å². The van der Waals surface area contributed by atoms with Gasteiger partial charge in [0.2, 0.25) is 10.0 Å². The molecule has 2 N–H and O–H groups in total. The van der Waals surface area contributed by atoms with E-state index in [1.54, 1.807) is 37.5 Å². The molecule has 0 unspecified atom stereocenters. The molecule has 0 aliphatic heterocycles. The summed E-state index contributed by atoms with van der Waals surface area (Å²) in [7, 11) is -3.12. The summed E-state index contributed by atoms with van der Waals surface area (Å²) >= 11 is 0. The largest absolute Gasteiger partial charge is 0.366 e. The van der Waals surface area contributed by atoms with Crippen LogP contribution in [0.1, 0.15) is 32.6 Å². The zero-order chi connectivity index (χ0) is 19.3. The van der Waals surface area contributed by atoms with Crippen molar-refractivity contribution in [3.8, 4) is 11.3 Å². The van der Waals surface area contributed by atoms with Crippen LogP contribution in [-0.2, 0) is 10.0 Å². The number of nitrogens with zero attached hydrogens (tertiary/aromatic N) is 2. The summed E-state index contributed by atoms with van der Waals surface area (Å²) in [5.74, 6) is 0.847. The molecule has 1 fully saturated rings. The van der Waals surface area contributed by atoms with Crippen molar-refractivity contribution in [2.45, 2.75) is 38.6 Å². The Balaban J connectivity index is 1.50. The average molecular weight is 393 g/mol. The number of aromatic nitrogens is 2. The number of halogens is 1. The van der Waals surface area contributed by atoms with Gasteiger partial charge in [-0.2, -0.15) is 0 Å². The predicted molar refractivity (Wildman–Crippen MR) is 104 cm³/mol. The van der Waals surface area contributed by atoms with E-state index < -0.39 is 10.0 Å². The van der Waals surface area contributed by atoms with Crippen molar-refractivity contribution in [3.05, 3.63) is 42.5 Å². The van der Waals surface area contributed by atoms with E-state index >= 15 is 0 Å². The molecule has 0 bridgehead atoms. The average Bonchev–Trinajstić information content (AvgIpc) is 2.69. The number of anilines is 1. The van der Waals surface area contributed by atoms with Crippen LogP contribution < -0.4 is 10.0 Å². The molecule has 0 radical (unpaired) electrons. The summed E-state index contributed by atoms with van der Waals surface area (Å²) in [5, 5.41) is 3.37. The molecule has 27 heavy (non-hydrogen) atoms. The van der Waals surface area contributed by atoms with Crippen molar-refractivity contribution < 1.29 is 12.8 Å². The summed E-state index contributed by atoms with van der Waals surface area (Å²) in [4.78, 5) is 8.67. The fourth-order valence-electron chi connectivity index (χ4n) is 3.28. The van der Waals surface area contributed by atoms with Crippen molar-refractivity contribution in [3.63, 3.8) is 0 Å². The van der Waals surface area contributed by atoms with Gasteiger partial charge in [0.05, 0.1) is 23.8 Å². The van der Waals surface area contributed by atoms with E-state index in [0.29, 0.717) is 29.5 Å². The molecule has 0 atom stereocenters. The third-order valence-corrected chi connectivity index (χ3v) is 6.34. The number of hydrogen-bond donors (Lipinski definition) is 2. The third kappa shape index (κ3) is 5.46. The topological polar surface area (TPSA) is 84.0 Å². The summed E-state index contributed by atoms with van der Waals surface area (Å²) in [5.41, 5.74) is 0.942. The van der Waals surface area contributed by atoms with E-state index in [2.05, 4.69) is 20.0 Å². The Morgan fingerprint density at radius 3 is 2.48 bits per heavy atom. The van der Waals surface area contributed by atoms with Crippen LogP contribution in [0.25, 0.3) is 11.3 Å². The minimum Gasteiger partial charge on any atom is -0.366 e. The van der Waals surface area contributed by atoms with E-state index in [0.717, 1.165) is 25.7 Å². The minimum atomic E-state index is -3.12. The van der Waals surface area contributed by atoms with Crippen molar-refractivity contribution in [2.24, 2.45) is 5.92 Å². The molecule has 2 aromatic rings. The smallest absolute Gasteiger partial charge is 0.211 e. The van der Waals surface area contributed by atoms with Crippen LogP contribution in [0.3, 0.4) is 0 Å². The Morgan fingerprint density at radius 2 is 1.85 bits per heavy atom. The quantitative estimate of drug-likeness (QED) is 0.756. The first kappa shape index (κ1) is 19.7. The Morgan fingerprint density at radius 1 is 1.11 bits per heavy atom. The summed E-state index contributed by atoms with van der Waals surface area (Å²) < 4.78 is 39.6. The summed E-state index contributed by atoms with van der Waals surface area (Å²) in [6.07, 6.45) is 7.04. The molecule has 0 spiro atoms. The van der Waals surface area contributed by atoms with Crippen LogP contribution in [0, 0.1) is 11.7 Å². The summed E-state index contributed by atoms with van der Waals surface area (Å²) in [6.45, 7) is 2.15. The molecule has 1 heterocycles. The third-order valence-electron chi connectivity index (χ3n) is 4.97. The van der Waals surface area contributed by atoms with Crippen molar-refractivity contribution in [2.75, 3.05) is 17.6 Å². The Bertz CT molecular complexity index is 850. The second kappa shape index (κ2) is 8.75. The number of rotatable bonds is 7. The van der Waals surface area contributed by atoms with Crippen molar-refractivity contribution in [1.82, 2.24) is 14.7 Å². The van der Waals surface area contributed by atoms with Crippen LogP contribution in [-0.4, -0.2) is 36.7 Å². The van der Waals surface area contributed by atoms with Gasteiger partial charge in [0.25, 0.3) is 0 Å². The lowest BCUT2D eigenvalue weighted by Crippen LogP contribution is -2.34. The number of sulfonamides is 1. The van der Waals surface area contributed by atoms with Gasteiger partial charge in [0.1, 0.15) is 11.6 Å². The van der Waals surface area contributed by atoms with Gasteiger partial charge < -0.3 is 5.32 Å². The Hall–Kier alpha value is -2.06. The van der Waals surface area contributed by atoms with Gasteiger partial charge in [-0.15, -0.1) is 0 Å². The lowest BCUT2D eigenvalue weighted by atomic mass is 9.86. The number of benzene rings is 1. The fourth-order valence-corrected chi connectivity index (χ4v) is 3.97. The van der Waals surface area contributed by atoms with Gasteiger partial charge in [-0.05, 0) is 50.7 Å². The standard InChI is InChI=1S/C19H25FN4O2S/c1-2-27(25,26)23-11-14-7-9-15(10-8-14)24-19-13-21-18(12-22-19)16-5-3-4-6-17(16)20/h3-6,12-15,23H,2,7-11H2,1H3,(H,22,24). The highest BCUT2D eigenvalue weighted by atomic mass is 32.2. The Labute approximate surface area is 159 Å². The van der Waals surface area contributed by atoms with Crippen LogP contribution in [0.5, 0.6) is 0 Å². The molecule has 1 aliphatic carbocycles. The van der Waals surface area contributed by atoms with E-state index in [4.69, 9.17) is 0 Å². The normalized spacial score (nSPS) is 20.4. The van der Waals surface area contributed by atoms with E-state index in [1.807, 2.05) is 0 Å². The molecule has 0 saturated heterocycles. The SMILES string of the molecule is CCS(=O)(=O)NCC1CCC(Nc2cnc(-c3ccccc3F)cn2)CC1. The molecule has 1 aromatic heterocycles. The van der Waals surface area contributed by atoms with Crippen LogP contribution in [0.2, 0.25) is 0 Å². The predicted octanol–water partition coefficient (Wildman–Crippen LogP) is 3.19. The van der Waals surface area contributed by atoms with Gasteiger partial charge in [-0.3, -0.25) is 4.98 Å². The molecule has 6 nitrogen and oxygen atoms in total. The molecular weight excluding hydrogens is 367 g/mol. The second-order valence-electron chi connectivity index (χ2n) is 6.88. The molecule has 1 saturated carbocycles. The first-order chi connectivity index (χ1) is 13.0. The second-order valence-corrected chi connectivity index (χ2v) is 8.98. The summed E-state index contributed by atoms with van der Waals surface area (Å²) in [6, 6.07) is 6.79. The molecule has 146 valence electrons. The Kier molecular flexibility index (Phi) is 6.38. The number of hydrogen-bond acceptors (Lipinski definition) is 5. The maximum atomic E-state index is 13.8. The van der Waals surface area contributed by atoms with E-state index in [9.17, 15) is 12.8 Å². The van der Waals surface area contributed by atoms with Gasteiger partial charge in [0.15, 0.2) is 0 Å². The van der Waals surface area contributed by atoms with Gasteiger partial charge >= 0.3 is 0 Å². The fraction of sp³-hybridized carbons (Fsp3) is 0.474. The van der Waals surface area contributed by atoms with E-state index in [-0.39, 0.29) is 17.6 Å². The first-order valence-corrected chi connectivity index (χ1v) is 10.9. The van der Waals surface area contributed by atoms with Gasteiger partial charge in [-0.25, -0.2) is 22.5 Å². The monoisotopic (exact) mass is 392 g/mol. The highest BCUT2D eigenvalue weighted by Gasteiger charge is 2.22. The zero-order valence-electron chi connectivity index (χ0n) is 15.4. The molecule has 3 rings (SSSR count). The van der Waals surface area contributed by atoms with Crippen LogP contribution >= 0.6 is 0 Å². The van der Waals surface area contributed by atoms with Gasteiger partial charge in [-0.1, -0.05) is 12.1 Å². The number of nitrogens with one attached hydrogen (secondary N) is 2. The molecule has 8 heteroatoms. The highest BCUT2D eigenvalue weighted by molar-refractivity contribution is 7.89. The molecule has 0 amide bonds. The molecule has 1 aliphatic rings. The zero-order valence-corrected chi connectivity index (χ0v) is 16.2. The lowest BCUT2D eigenvalue weighted by Gasteiger charge is -2.29. The maximum Gasteiger partial charge on any atom is 0.211 e. The minimum absolute atomic E-state index is 0.117.